The highest BCUT2D eigenvalue weighted by Crippen LogP contribution is 2.14. The summed E-state index contributed by atoms with van der Waals surface area (Å²) >= 11 is 0. The summed E-state index contributed by atoms with van der Waals surface area (Å²) in [7, 11) is 1.91. The minimum Gasteiger partial charge on any atom is -0.337 e. The molecule has 1 unspecified atom stereocenters. The maximum atomic E-state index is 13.5. The van der Waals surface area contributed by atoms with E-state index in [4.69, 9.17) is 0 Å². The molecule has 2 rings (SSSR count). The first-order chi connectivity index (χ1) is 9.08. The van der Waals surface area contributed by atoms with Crippen LogP contribution in [0.4, 0.5) is 8.78 Å². The highest BCUT2D eigenvalue weighted by molar-refractivity contribution is 5.20. The Balaban J connectivity index is 1.94. The quantitative estimate of drug-likeness (QED) is 0.899. The van der Waals surface area contributed by atoms with Crippen LogP contribution in [-0.4, -0.2) is 15.6 Å². The van der Waals surface area contributed by atoms with Crippen LogP contribution in [0.1, 0.15) is 18.3 Å². The molecular formula is C14H17F2N3. The molecule has 19 heavy (non-hydrogen) atoms. The normalized spacial score (nSPS) is 12.6. The SMILES string of the molecule is CC(Cc1c(F)cccc1F)NCc1nccn1C. The van der Waals surface area contributed by atoms with Gasteiger partial charge in [0.1, 0.15) is 17.5 Å². The molecule has 0 radical (unpaired) electrons. The molecule has 5 heteroatoms. The van der Waals surface area contributed by atoms with Gasteiger partial charge in [0.2, 0.25) is 0 Å². The van der Waals surface area contributed by atoms with Gasteiger partial charge in [-0.05, 0) is 25.5 Å². The third-order valence-electron chi connectivity index (χ3n) is 3.10. The maximum absolute atomic E-state index is 13.5. The predicted molar refractivity (Wildman–Crippen MR) is 69.6 cm³/mol. The van der Waals surface area contributed by atoms with Gasteiger partial charge >= 0.3 is 0 Å². The van der Waals surface area contributed by atoms with Crippen molar-refractivity contribution in [3.63, 3.8) is 0 Å². The number of rotatable bonds is 5. The summed E-state index contributed by atoms with van der Waals surface area (Å²) in [6, 6.07) is 3.90. The number of imidazole rings is 1. The lowest BCUT2D eigenvalue weighted by Gasteiger charge is -2.14. The topological polar surface area (TPSA) is 29.9 Å². The van der Waals surface area contributed by atoms with Crippen LogP contribution in [0, 0.1) is 11.6 Å². The molecule has 0 aliphatic rings. The molecule has 0 spiro atoms. The molecule has 102 valence electrons. The van der Waals surface area contributed by atoms with E-state index in [9.17, 15) is 8.78 Å². The van der Waals surface area contributed by atoms with Gasteiger partial charge in [-0.1, -0.05) is 6.07 Å². The van der Waals surface area contributed by atoms with Gasteiger partial charge < -0.3 is 9.88 Å². The first kappa shape index (κ1) is 13.7. The van der Waals surface area contributed by atoms with Gasteiger partial charge in [0.15, 0.2) is 0 Å². The van der Waals surface area contributed by atoms with Crippen LogP contribution in [0.2, 0.25) is 0 Å². The van der Waals surface area contributed by atoms with Crippen LogP contribution in [0.5, 0.6) is 0 Å². The molecule has 0 amide bonds. The fourth-order valence-electron chi connectivity index (χ4n) is 1.94. The zero-order valence-electron chi connectivity index (χ0n) is 11.0. The number of aromatic nitrogens is 2. The molecule has 1 aromatic carbocycles. The third-order valence-corrected chi connectivity index (χ3v) is 3.10. The van der Waals surface area contributed by atoms with Crippen molar-refractivity contribution < 1.29 is 8.78 Å². The van der Waals surface area contributed by atoms with Gasteiger partial charge in [0, 0.05) is 31.0 Å². The second-order valence-corrected chi connectivity index (χ2v) is 4.64. The van der Waals surface area contributed by atoms with Gasteiger partial charge in [0.25, 0.3) is 0 Å². The van der Waals surface area contributed by atoms with Gasteiger partial charge in [-0.2, -0.15) is 0 Å². The first-order valence-electron chi connectivity index (χ1n) is 6.20. The molecule has 3 nitrogen and oxygen atoms in total. The van der Waals surface area contributed by atoms with E-state index in [0.717, 1.165) is 5.82 Å². The van der Waals surface area contributed by atoms with Crippen molar-refractivity contribution in [1.29, 1.82) is 0 Å². The van der Waals surface area contributed by atoms with Crippen molar-refractivity contribution in [1.82, 2.24) is 14.9 Å². The van der Waals surface area contributed by atoms with Crippen molar-refractivity contribution >= 4 is 0 Å². The second-order valence-electron chi connectivity index (χ2n) is 4.64. The zero-order valence-corrected chi connectivity index (χ0v) is 11.0. The van der Waals surface area contributed by atoms with E-state index in [-0.39, 0.29) is 11.6 Å². The van der Waals surface area contributed by atoms with Crippen LogP contribution < -0.4 is 5.32 Å². The smallest absolute Gasteiger partial charge is 0.129 e. The molecule has 0 saturated carbocycles. The highest BCUT2D eigenvalue weighted by Gasteiger charge is 2.12. The van der Waals surface area contributed by atoms with Crippen molar-refractivity contribution in [3.05, 3.63) is 53.6 Å². The second kappa shape index (κ2) is 5.93. The van der Waals surface area contributed by atoms with E-state index in [1.54, 1.807) is 6.20 Å². The fourth-order valence-corrected chi connectivity index (χ4v) is 1.94. The average molecular weight is 265 g/mol. The number of hydrogen-bond donors (Lipinski definition) is 1. The van der Waals surface area contributed by atoms with Crippen molar-refractivity contribution in [2.75, 3.05) is 0 Å². The molecule has 1 N–H and O–H groups in total. The van der Waals surface area contributed by atoms with E-state index in [1.807, 2.05) is 24.7 Å². The van der Waals surface area contributed by atoms with Crippen LogP contribution in [0.3, 0.4) is 0 Å². The van der Waals surface area contributed by atoms with E-state index >= 15 is 0 Å². The largest absolute Gasteiger partial charge is 0.337 e. The summed E-state index contributed by atoms with van der Waals surface area (Å²) in [5.41, 5.74) is 0.127. The molecule has 0 aliphatic heterocycles. The minimum absolute atomic E-state index is 0.0388. The summed E-state index contributed by atoms with van der Waals surface area (Å²) in [5, 5.41) is 3.21. The highest BCUT2D eigenvalue weighted by atomic mass is 19.1. The number of hydrogen-bond acceptors (Lipinski definition) is 2. The molecule has 1 heterocycles. The lowest BCUT2D eigenvalue weighted by Crippen LogP contribution is -2.29. The average Bonchev–Trinajstić information content (AvgIpc) is 2.77. The molecule has 1 atom stereocenters. The zero-order chi connectivity index (χ0) is 13.8. The summed E-state index contributed by atoms with van der Waals surface area (Å²) in [6.07, 6.45) is 3.89. The molecule has 0 saturated heterocycles. The van der Waals surface area contributed by atoms with Gasteiger partial charge in [-0.3, -0.25) is 0 Å². The number of nitrogens with zero attached hydrogens (tertiary/aromatic N) is 2. The summed E-state index contributed by atoms with van der Waals surface area (Å²) in [5.74, 6) is -0.0999. The molecule has 1 aromatic heterocycles. The Morgan fingerprint density at radius 3 is 2.58 bits per heavy atom. The standard InChI is InChI=1S/C14H17F2N3/c1-10(18-9-14-17-6-7-19(14)2)8-11-12(15)4-3-5-13(11)16/h3-7,10,18H,8-9H2,1-2H3. The number of aryl methyl sites for hydroxylation is 1. The van der Waals surface area contributed by atoms with Crippen molar-refractivity contribution in [2.45, 2.75) is 25.9 Å². The number of benzene rings is 1. The number of halogens is 2. The van der Waals surface area contributed by atoms with E-state index in [1.165, 1.54) is 18.2 Å². The van der Waals surface area contributed by atoms with Crippen LogP contribution >= 0.6 is 0 Å². The van der Waals surface area contributed by atoms with Crippen molar-refractivity contribution in [3.8, 4) is 0 Å². The molecule has 2 aromatic rings. The van der Waals surface area contributed by atoms with Crippen molar-refractivity contribution in [2.24, 2.45) is 7.05 Å². The Morgan fingerprint density at radius 1 is 1.32 bits per heavy atom. The third kappa shape index (κ3) is 3.38. The Bertz CT molecular complexity index is 531. The Morgan fingerprint density at radius 2 is 2.00 bits per heavy atom. The van der Waals surface area contributed by atoms with E-state index in [2.05, 4.69) is 10.3 Å². The molecule has 0 bridgehead atoms. The molecule has 0 fully saturated rings. The monoisotopic (exact) mass is 265 g/mol. The van der Waals surface area contributed by atoms with Gasteiger partial charge in [0.05, 0.1) is 6.54 Å². The molecular weight excluding hydrogens is 248 g/mol. The number of nitrogens with one attached hydrogen (secondary N) is 1. The lowest BCUT2D eigenvalue weighted by molar-refractivity contribution is 0.490. The predicted octanol–water partition coefficient (Wildman–Crippen LogP) is 2.42. The van der Waals surface area contributed by atoms with Crippen LogP contribution in [0.15, 0.2) is 30.6 Å². The van der Waals surface area contributed by atoms with Crippen LogP contribution in [0.25, 0.3) is 0 Å². The maximum Gasteiger partial charge on any atom is 0.129 e. The first-order valence-corrected chi connectivity index (χ1v) is 6.20. The minimum atomic E-state index is -0.495. The summed E-state index contributed by atoms with van der Waals surface area (Å²) < 4.78 is 28.9. The summed E-state index contributed by atoms with van der Waals surface area (Å²) in [6.45, 7) is 2.47. The van der Waals surface area contributed by atoms with E-state index < -0.39 is 11.6 Å². The van der Waals surface area contributed by atoms with Gasteiger partial charge in [-0.15, -0.1) is 0 Å². The summed E-state index contributed by atoms with van der Waals surface area (Å²) in [4.78, 5) is 4.18. The fraction of sp³-hybridized carbons (Fsp3) is 0.357. The Labute approximate surface area is 111 Å². The Hall–Kier alpha value is -1.75. The Kier molecular flexibility index (Phi) is 4.27. The van der Waals surface area contributed by atoms with Gasteiger partial charge in [-0.25, -0.2) is 13.8 Å². The lowest BCUT2D eigenvalue weighted by atomic mass is 10.1. The molecule has 0 aliphatic carbocycles. The van der Waals surface area contributed by atoms with E-state index in [0.29, 0.717) is 13.0 Å². The van der Waals surface area contributed by atoms with Crippen LogP contribution in [-0.2, 0) is 20.0 Å².